The van der Waals surface area contributed by atoms with Crippen LogP contribution in [0.25, 0.3) is 0 Å². The van der Waals surface area contributed by atoms with E-state index >= 15 is 0 Å². The van der Waals surface area contributed by atoms with Gasteiger partial charge in [-0.2, -0.15) is 0 Å². The number of hydrogen-bond acceptors (Lipinski definition) is 4. The van der Waals surface area contributed by atoms with E-state index in [4.69, 9.17) is 21.1 Å². The monoisotopic (exact) mass is 121 g/mol. The van der Waals surface area contributed by atoms with Crippen LogP contribution in [0.1, 0.15) is 6.92 Å². The molecule has 5 N–H and O–H groups in total. The van der Waals surface area contributed by atoms with Crippen LogP contribution in [0.5, 0.6) is 0 Å². The van der Waals surface area contributed by atoms with Crippen molar-refractivity contribution in [1.82, 2.24) is 0 Å². The average Bonchev–Trinajstić information content (AvgIpc) is 1.67. The highest BCUT2D eigenvalue weighted by Crippen LogP contribution is 2.01. The van der Waals surface area contributed by atoms with Crippen molar-refractivity contribution in [3.05, 3.63) is 0 Å². The standard InChI is InChI=1S/C4H11NO3/c1-3(6)4(7,8)2-5/h3,6-8H,2,5H2,1H3. The molecule has 0 aliphatic heterocycles. The van der Waals surface area contributed by atoms with Crippen LogP contribution < -0.4 is 5.73 Å². The molecule has 0 aliphatic rings. The zero-order valence-electron chi connectivity index (χ0n) is 4.70. The third-order valence-electron chi connectivity index (χ3n) is 0.970. The molecule has 50 valence electrons. The quantitative estimate of drug-likeness (QED) is 0.318. The maximum atomic E-state index is 8.58. The molecule has 0 aromatic rings. The Morgan fingerprint density at radius 2 is 2.00 bits per heavy atom. The number of hydrogen-bond donors (Lipinski definition) is 4. The maximum Gasteiger partial charge on any atom is 0.201 e. The summed E-state index contributed by atoms with van der Waals surface area (Å²) < 4.78 is 0. The van der Waals surface area contributed by atoms with E-state index in [2.05, 4.69) is 0 Å². The minimum atomic E-state index is -2.12. The predicted molar refractivity (Wildman–Crippen MR) is 27.9 cm³/mol. The number of aliphatic hydroxyl groups excluding tert-OH is 1. The van der Waals surface area contributed by atoms with Gasteiger partial charge in [0.25, 0.3) is 0 Å². The zero-order chi connectivity index (χ0) is 6.78. The lowest BCUT2D eigenvalue weighted by Gasteiger charge is -2.21. The summed E-state index contributed by atoms with van der Waals surface area (Å²) in [4.78, 5) is 0. The van der Waals surface area contributed by atoms with Gasteiger partial charge in [0.1, 0.15) is 6.10 Å². The summed E-state index contributed by atoms with van der Waals surface area (Å²) >= 11 is 0. The van der Waals surface area contributed by atoms with Crippen LogP contribution in [0, 0.1) is 0 Å². The molecule has 0 aromatic carbocycles. The molecule has 1 unspecified atom stereocenters. The SMILES string of the molecule is CC(O)C(O)(O)CN. The molecule has 0 saturated heterocycles. The van der Waals surface area contributed by atoms with E-state index < -0.39 is 11.9 Å². The van der Waals surface area contributed by atoms with Gasteiger partial charge in [-0.15, -0.1) is 0 Å². The maximum absolute atomic E-state index is 8.58. The second-order valence-electron chi connectivity index (χ2n) is 1.76. The first-order valence-corrected chi connectivity index (χ1v) is 2.33. The molecule has 0 bridgehead atoms. The first-order valence-electron chi connectivity index (χ1n) is 2.33. The van der Waals surface area contributed by atoms with E-state index in [-0.39, 0.29) is 6.54 Å². The number of nitrogens with two attached hydrogens (primary N) is 1. The van der Waals surface area contributed by atoms with Gasteiger partial charge < -0.3 is 21.1 Å². The number of aliphatic hydroxyl groups is 3. The van der Waals surface area contributed by atoms with Gasteiger partial charge in [0.05, 0.1) is 0 Å². The molecule has 4 nitrogen and oxygen atoms in total. The van der Waals surface area contributed by atoms with Gasteiger partial charge in [0.15, 0.2) is 0 Å². The zero-order valence-corrected chi connectivity index (χ0v) is 4.70. The molecule has 0 aromatic heterocycles. The van der Waals surface area contributed by atoms with Crippen LogP contribution in [0.15, 0.2) is 0 Å². The van der Waals surface area contributed by atoms with Crippen molar-refractivity contribution in [3.8, 4) is 0 Å². The summed E-state index contributed by atoms with van der Waals surface area (Å²) in [5, 5.41) is 25.7. The fraction of sp³-hybridized carbons (Fsp3) is 1.00. The van der Waals surface area contributed by atoms with Gasteiger partial charge in [0, 0.05) is 6.54 Å². The van der Waals surface area contributed by atoms with Crippen LogP contribution in [0.3, 0.4) is 0 Å². The normalized spacial score (nSPS) is 16.1. The Hall–Kier alpha value is -0.160. The van der Waals surface area contributed by atoms with Crippen molar-refractivity contribution in [2.45, 2.75) is 18.8 Å². The fourth-order valence-corrected chi connectivity index (χ4v) is 0.171. The summed E-state index contributed by atoms with van der Waals surface area (Å²) in [5.41, 5.74) is 4.85. The summed E-state index contributed by atoms with van der Waals surface area (Å²) in [6.07, 6.45) is -1.20. The molecule has 0 heterocycles. The van der Waals surface area contributed by atoms with Crippen molar-refractivity contribution in [1.29, 1.82) is 0 Å². The van der Waals surface area contributed by atoms with Crippen molar-refractivity contribution < 1.29 is 15.3 Å². The van der Waals surface area contributed by atoms with E-state index in [9.17, 15) is 0 Å². The van der Waals surface area contributed by atoms with Crippen molar-refractivity contribution in [3.63, 3.8) is 0 Å². The lowest BCUT2D eigenvalue weighted by atomic mass is 10.2. The van der Waals surface area contributed by atoms with Gasteiger partial charge in [-0.1, -0.05) is 0 Å². The van der Waals surface area contributed by atoms with Gasteiger partial charge in [-0.3, -0.25) is 0 Å². The summed E-state index contributed by atoms with van der Waals surface area (Å²) in [6.45, 7) is 0.900. The second kappa shape index (κ2) is 2.41. The van der Waals surface area contributed by atoms with E-state index in [1.807, 2.05) is 0 Å². The predicted octanol–water partition coefficient (Wildman–Crippen LogP) is -1.99. The second-order valence-corrected chi connectivity index (χ2v) is 1.76. The Morgan fingerprint density at radius 3 is 2.00 bits per heavy atom. The molecule has 0 radical (unpaired) electrons. The van der Waals surface area contributed by atoms with Crippen molar-refractivity contribution >= 4 is 0 Å². The van der Waals surface area contributed by atoms with Crippen molar-refractivity contribution in [2.75, 3.05) is 6.54 Å². The van der Waals surface area contributed by atoms with Crippen LogP contribution in [0.2, 0.25) is 0 Å². The molecule has 0 amide bonds. The first-order chi connectivity index (χ1) is 3.50. The molecule has 1 atom stereocenters. The van der Waals surface area contributed by atoms with E-state index in [0.29, 0.717) is 0 Å². The minimum Gasteiger partial charge on any atom is -0.388 e. The third-order valence-corrected chi connectivity index (χ3v) is 0.970. The lowest BCUT2D eigenvalue weighted by molar-refractivity contribution is -0.211. The van der Waals surface area contributed by atoms with Crippen LogP contribution in [-0.4, -0.2) is 33.8 Å². The minimum absolute atomic E-state index is 0.356. The molecule has 8 heavy (non-hydrogen) atoms. The van der Waals surface area contributed by atoms with E-state index in [1.165, 1.54) is 6.92 Å². The lowest BCUT2D eigenvalue weighted by Crippen LogP contribution is -2.46. The largest absolute Gasteiger partial charge is 0.388 e. The fourth-order valence-electron chi connectivity index (χ4n) is 0.171. The van der Waals surface area contributed by atoms with Crippen LogP contribution in [-0.2, 0) is 0 Å². The molecule has 4 heteroatoms. The third kappa shape index (κ3) is 1.75. The molecular formula is C4H11NO3. The van der Waals surface area contributed by atoms with Gasteiger partial charge in [0.2, 0.25) is 5.79 Å². The number of rotatable bonds is 2. The summed E-state index contributed by atoms with van der Waals surface area (Å²) in [6, 6.07) is 0. The highest BCUT2D eigenvalue weighted by Gasteiger charge is 2.26. The Morgan fingerprint density at radius 1 is 1.62 bits per heavy atom. The molecule has 0 fully saturated rings. The van der Waals surface area contributed by atoms with E-state index in [1.54, 1.807) is 0 Å². The first kappa shape index (κ1) is 7.84. The van der Waals surface area contributed by atoms with Crippen LogP contribution >= 0.6 is 0 Å². The summed E-state index contributed by atoms with van der Waals surface area (Å²) in [5.74, 6) is -2.12. The Labute approximate surface area is 47.6 Å². The molecule has 0 rings (SSSR count). The Bertz CT molecular complexity index is 71.7. The van der Waals surface area contributed by atoms with Crippen LogP contribution in [0.4, 0.5) is 0 Å². The smallest absolute Gasteiger partial charge is 0.201 e. The average molecular weight is 121 g/mol. The molecule has 0 aliphatic carbocycles. The molecular weight excluding hydrogens is 110 g/mol. The van der Waals surface area contributed by atoms with Gasteiger partial charge in [-0.25, -0.2) is 0 Å². The molecule has 0 saturated carbocycles. The van der Waals surface area contributed by atoms with Gasteiger partial charge in [-0.05, 0) is 6.92 Å². The molecule has 0 spiro atoms. The highest BCUT2D eigenvalue weighted by molar-refractivity contribution is 4.70. The van der Waals surface area contributed by atoms with Crippen molar-refractivity contribution in [2.24, 2.45) is 5.73 Å². The Balaban J connectivity index is 3.71. The topological polar surface area (TPSA) is 86.7 Å². The Kier molecular flexibility index (Phi) is 2.36. The van der Waals surface area contributed by atoms with E-state index in [0.717, 1.165) is 0 Å². The summed E-state index contributed by atoms with van der Waals surface area (Å²) in [7, 11) is 0. The van der Waals surface area contributed by atoms with Gasteiger partial charge >= 0.3 is 0 Å². The highest BCUT2D eigenvalue weighted by atomic mass is 16.5.